The maximum atomic E-state index is 12.9. The van der Waals surface area contributed by atoms with E-state index in [4.69, 9.17) is 0 Å². The van der Waals surface area contributed by atoms with Crippen molar-refractivity contribution in [3.05, 3.63) is 89.2 Å². The van der Waals surface area contributed by atoms with Gasteiger partial charge < -0.3 is 5.11 Å². The van der Waals surface area contributed by atoms with Crippen LogP contribution in [0.4, 0.5) is 18.0 Å². The van der Waals surface area contributed by atoms with Crippen molar-refractivity contribution in [2.75, 3.05) is 6.54 Å². The van der Waals surface area contributed by atoms with Gasteiger partial charge in [-0.3, -0.25) is 9.36 Å². The topological polar surface area (TPSA) is 110 Å². The molecule has 0 fully saturated rings. The number of sulfonamides is 1. The number of nitrogens with zero attached hydrogens (tertiary/aromatic N) is 3. The molecule has 0 radical (unpaired) electrons. The standard InChI is InChI=1S/C27H24F3N3O5S/c1-3-24-31-22-16-19(25(34)27(28,29)30)8-13-23(22)33(24)20-9-6-18(7-10-20)14-15-32(26(35)36)39(37,38)21-11-4-17(2)5-12-21/h4-13,16H,3,14-15H2,1-2H3,(H,35,36). The molecule has 12 heteroatoms. The molecule has 0 bridgehead atoms. The van der Waals surface area contributed by atoms with Crippen molar-refractivity contribution in [2.24, 2.45) is 0 Å². The van der Waals surface area contributed by atoms with Crippen molar-refractivity contribution in [1.82, 2.24) is 13.9 Å². The lowest BCUT2D eigenvalue weighted by molar-refractivity contribution is -0.0885. The summed E-state index contributed by atoms with van der Waals surface area (Å²) in [6, 6.07) is 16.4. The third kappa shape index (κ3) is 5.65. The molecule has 8 nitrogen and oxygen atoms in total. The normalized spacial score (nSPS) is 12.0. The predicted molar refractivity (Wildman–Crippen MR) is 138 cm³/mol. The summed E-state index contributed by atoms with van der Waals surface area (Å²) in [5.41, 5.74) is 2.41. The van der Waals surface area contributed by atoms with Crippen LogP contribution in [-0.4, -0.2) is 52.0 Å². The number of carbonyl (C=O) groups is 2. The molecule has 0 saturated heterocycles. The first-order chi connectivity index (χ1) is 18.3. The zero-order valence-electron chi connectivity index (χ0n) is 20.9. The van der Waals surface area contributed by atoms with Gasteiger partial charge in [0.1, 0.15) is 5.82 Å². The molecular formula is C27H24F3N3O5S. The van der Waals surface area contributed by atoms with E-state index in [9.17, 15) is 36.3 Å². The van der Waals surface area contributed by atoms with Gasteiger partial charge in [-0.15, -0.1) is 0 Å². The van der Waals surface area contributed by atoms with Gasteiger partial charge in [-0.2, -0.15) is 13.2 Å². The van der Waals surface area contributed by atoms with E-state index >= 15 is 0 Å². The van der Waals surface area contributed by atoms with E-state index in [1.165, 1.54) is 18.2 Å². The Bertz CT molecular complexity index is 1650. The molecule has 1 aromatic heterocycles. The van der Waals surface area contributed by atoms with Crippen molar-refractivity contribution in [2.45, 2.75) is 37.8 Å². The summed E-state index contributed by atoms with van der Waals surface area (Å²) in [5, 5.41) is 9.58. The maximum Gasteiger partial charge on any atom is 0.454 e. The van der Waals surface area contributed by atoms with Crippen LogP contribution in [0.2, 0.25) is 0 Å². The lowest BCUT2D eigenvalue weighted by atomic mass is 10.1. The number of aromatic nitrogens is 2. The second-order valence-corrected chi connectivity index (χ2v) is 10.7. The monoisotopic (exact) mass is 559 g/mol. The number of hydrogen-bond acceptors (Lipinski definition) is 5. The average Bonchev–Trinajstić information content (AvgIpc) is 3.26. The third-order valence-electron chi connectivity index (χ3n) is 6.18. The lowest BCUT2D eigenvalue weighted by Crippen LogP contribution is -2.37. The highest BCUT2D eigenvalue weighted by Crippen LogP contribution is 2.27. The van der Waals surface area contributed by atoms with Crippen molar-refractivity contribution < 1.29 is 36.3 Å². The summed E-state index contributed by atoms with van der Waals surface area (Å²) < 4.78 is 66.5. The number of ketones is 1. The maximum absolute atomic E-state index is 12.9. The number of benzene rings is 3. The lowest BCUT2D eigenvalue weighted by Gasteiger charge is -2.19. The molecule has 39 heavy (non-hydrogen) atoms. The fourth-order valence-corrected chi connectivity index (χ4v) is 5.43. The number of rotatable bonds is 8. The number of alkyl halides is 3. The Morgan fingerprint density at radius 2 is 1.64 bits per heavy atom. The van der Waals surface area contributed by atoms with Gasteiger partial charge in [0.05, 0.1) is 15.9 Å². The van der Waals surface area contributed by atoms with Crippen LogP contribution in [-0.2, 0) is 22.9 Å². The second-order valence-electron chi connectivity index (χ2n) is 8.84. The minimum atomic E-state index is -4.99. The quantitative estimate of drug-likeness (QED) is 0.284. The molecule has 1 heterocycles. The summed E-state index contributed by atoms with van der Waals surface area (Å²) in [6.07, 6.45) is -6.00. The Balaban J connectivity index is 1.58. The number of hydrogen-bond donors (Lipinski definition) is 1. The summed E-state index contributed by atoms with van der Waals surface area (Å²) >= 11 is 0. The zero-order chi connectivity index (χ0) is 28.5. The molecular weight excluding hydrogens is 535 g/mol. The van der Waals surface area contributed by atoms with Crippen LogP contribution in [0.15, 0.2) is 71.6 Å². The zero-order valence-corrected chi connectivity index (χ0v) is 21.8. The van der Waals surface area contributed by atoms with Gasteiger partial charge in [0.15, 0.2) is 0 Å². The Labute approximate surface area is 222 Å². The molecule has 1 N–H and O–H groups in total. The average molecular weight is 560 g/mol. The minimum absolute atomic E-state index is 0.117. The summed E-state index contributed by atoms with van der Waals surface area (Å²) in [5.74, 6) is -1.38. The number of halogens is 3. The number of fused-ring (bicyclic) bond motifs is 1. The molecule has 0 atom stereocenters. The summed E-state index contributed by atoms with van der Waals surface area (Å²) in [4.78, 5) is 27.7. The van der Waals surface area contributed by atoms with Crippen LogP contribution < -0.4 is 0 Å². The van der Waals surface area contributed by atoms with Gasteiger partial charge in [-0.05, 0) is 61.4 Å². The molecule has 0 saturated carbocycles. The number of carboxylic acid groups (broad SMARTS) is 1. The van der Waals surface area contributed by atoms with E-state index in [0.717, 1.165) is 17.7 Å². The Morgan fingerprint density at radius 3 is 2.21 bits per heavy atom. The molecule has 0 spiro atoms. The summed E-state index contributed by atoms with van der Waals surface area (Å²) in [7, 11) is -4.26. The molecule has 0 unspecified atom stereocenters. The van der Waals surface area contributed by atoms with Crippen molar-refractivity contribution in [1.29, 1.82) is 0 Å². The molecule has 1 amide bonds. The first-order valence-electron chi connectivity index (χ1n) is 11.9. The van der Waals surface area contributed by atoms with Crippen LogP contribution in [0.3, 0.4) is 0 Å². The first-order valence-corrected chi connectivity index (χ1v) is 13.3. The van der Waals surface area contributed by atoms with Crippen LogP contribution in [0, 0.1) is 6.92 Å². The highest BCUT2D eigenvalue weighted by Gasteiger charge is 2.39. The van der Waals surface area contributed by atoms with Crippen molar-refractivity contribution in [3.8, 4) is 5.69 Å². The van der Waals surface area contributed by atoms with E-state index in [1.807, 2.05) is 6.92 Å². The molecule has 204 valence electrons. The molecule has 0 aliphatic rings. The van der Waals surface area contributed by atoms with Gasteiger partial charge in [-0.1, -0.05) is 36.8 Å². The fraction of sp³-hybridized carbons (Fsp3) is 0.222. The number of imidazole rings is 1. The van der Waals surface area contributed by atoms with Gasteiger partial charge in [0.25, 0.3) is 15.8 Å². The van der Waals surface area contributed by atoms with E-state index in [-0.39, 0.29) is 23.4 Å². The number of amides is 1. The number of Topliss-reactive ketones (excluding diaryl/α,β-unsaturated/α-hetero) is 1. The van der Waals surface area contributed by atoms with E-state index in [0.29, 0.717) is 33.3 Å². The predicted octanol–water partition coefficient (Wildman–Crippen LogP) is 5.55. The van der Waals surface area contributed by atoms with Gasteiger partial charge in [-0.25, -0.2) is 22.5 Å². The number of carbonyl (C=O) groups excluding carboxylic acids is 1. The van der Waals surface area contributed by atoms with Crippen LogP contribution in [0.25, 0.3) is 16.7 Å². The van der Waals surface area contributed by atoms with Crippen LogP contribution in [0.5, 0.6) is 0 Å². The van der Waals surface area contributed by atoms with E-state index in [1.54, 1.807) is 47.9 Å². The second kappa shape index (κ2) is 10.5. The highest BCUT2D eigenvalue weighted by molar-refractivity contribution is 7.89. The van der Waals surface area contributed by atoms with E-state index < -0.39 is 33.6 Å². The molecule has 0 aliphatic heterocycles. The SMILES string of the molecule is CCc1nc2cc(C(=O)C(F)(F)F)ccc2n1-c1ccc(CCN(C(=O)O)S(=O)(=O)c2ccc(C)cc2)cc1. The number of aryl methyl sites for hydroxylation is 2. The van der Waals surface area contributed by atoms with Crippen molar-refractivity contribution >= 4 is 32.9 Å². The highest BCUT2D eigenvalue weighted by atomic mass is 32.2. The molecule has 3 aromatic carbocycles. The molecule has 0 aliphatic carbocycles. The van der Waals surface area contributed by atoms with Crippen molar-refractivity contribution in [3.63, 3.8) is 0 Å². The van der Waals surface area contributed by atoms with Gasteiger partial charge in [0.2, 0.25) is 0 Å². The van der Waals surface area contributed by atoms with Gasteiger partial charge >= 0.3 is 12.3 Å². The minimum Gasteiger partial charge on any atom is -0.464 e. The van der Waals surface area contributed by atoms with Crippen LogP contribution in [0.1, 0.15) is 34.2 Å². The molecule has 4 aromatic rings. The first kappa shape index (κ1) is 27.8. The fourth-order valence-electron chi connectivity index (χ4n) is 4.16. The molecule has 4 rings (SSSR count). The smallest absolute Gasteiger partial charge is 0.454 e. The Kier molecular flexibility index (Phi) is 7.51. The largest absolute Gasteiger partial charge is 0.464 e. The Morgan fingerprint density at radius 1 is 1.00 bits per heavy atom. The van der Waals surface area contributed by atoms with E-state index in [2.05, 4.69) is 4.98 Å². The Hall–Kier alpha value is -4.19. The van der Waals surface area contributed by atoms with Gasteiger partial charge in [0, 0.05) is 24.2 Å². The third-order valence-corrected chi connectivity index (χ3v) is 7.97. The summed E-state index contributed by atoms with van der Waals surface area (Å²) in [6.45, 7) is 3.33. The van der Waals surface area contributed by atoms with Crippen LogP contribution >= 0.6 is 0 Å².